The van der Waals surface area contributed by atoms with E-state index in [1.807, 2.05) is 0 Å². The van der Waals surface area contributed by atoms with Gasteiger partial charge in [0.05, 0.1) is 6.61 Å². The molecular formula is C35H70O3. The molecule has 0 aromatic rings. The highest BCUT2D eigenvalue weighted by molar-refractivity contribution is 5.69. The van der Waals surface area contributed by atoms with Gasteiger partial charge in [-0.2, -0.15) is 0 Å². The lowest BCUT2D eigenvalue weighted by Crippen LogP contribution is -2.10. The Bertz CT molecular complexity index is 437. The Balaban J connectivity index is 3.14. The van der Waals surface area contributed by atoms with E-state index in [1.54, 1.807) is 0 Å². The van der Waals surface area contributed by atoms with Crippen LogP contribution in [0, 0.1) is 0 Å². The second-order valence-electron chi connectivity index (χ2n) is 11.8. The summed E-state index contributed by atoms with van der Waals surface area (Å²) in [7, 11) is 0. The van der Waals surface area contributed by atoms with Crippen LogP contribution in [0.2, 0.25) is 0 Å². The zero-order chi connectivity index (χ0) is 27.6. The molecule has 0 bridgehead atoms. The monoisotopic (exact) mass is 539 g/mol. The largest absolute Gasteiger partial charge is 0.463 e. The molecule has 0 N–H and O–H groups in total. The summed E-state index contributed by atoms with van der Waals surface area (Å²) in [5.41, 5.74) is 0. The van der Waals surface area contributed by atoms with E-state index >= 15 is 0 Å². The second kappa shape index (κ2) is 34.5. The number of hydrogen-bond donors (Lipinski definition) is 0. The molecule has 3 nitrogen and oxygen atoms in total. The third-order valence-corrected chi connectivity index (χ3v) is 7.87. The maximum absolute atomic E-state index is 11.9. The van der Waals surface area contributed by atoms with Crippen LogP contribution < -0.4 is 0 Å². The molecule has 0 aliphatic rings. The van der Waals surface area contributed by atoms with Crippen molar-refractivity contribution < 1.29 is 14.3 Å². The molecule has 0 fully saturated rings. The van der Waals surface area contributed by atoms with Crippen LogP contribution in [0.5, 0.6) is 0 Å². The zero-order valence-corrected chi connectivity index (χ0v) is 26.4. The average molecular weight is 539 g/mol. The zero-order valence-electron chi connectivity index (χ0n) is 26.4. The number of carbonyl (C=O) groups is 1. The van der Waals surface area contributed by atoms with Gasteiger partial charge in [-0.15, -0.1) is 0 Å². The fourth-order valence-corrected chi connectivity index (χ4v) is 5.25. The number of carbonyl (C=O) groups excluding carboxylic acids is 1. The summed E-state index contributed by atoms with van der Waals surface area (Å²) in [5, 5.41) is 0. The molecule has 0 radical (unpaired) electrons. The molecule has 0 rings (SSSR count). The third kappa shape index (κ3) is 33.5. The van der Waals surface area contributed by atoms with E-state index in [0.29, 0.717) is 19.6 Å². The van der Waals surface area contributed by atoms with Crippen LogP contribution in [0.4, 0.5) is 0 Å². The normalized spacial score (nSPS) is 11.3. The smallest absolute Gasteiger partial charge is 0.305 e. The molecule has 0 unspecified atom stereocenters. The fourth-order valence-electron chi connectivity index (χ4n) is 5.25. The second-order valence-corrected chi connectivity index (χ2v) is 11.8. The van der Waals surface area contributed by atoms with Crippen molar-refractivity contribution in [2.24, 2.45) is 0 Å². The van der Waals surface area contributed by atoms with Crippen molar-refractivity contribution in [2.45, 2.75) is 200 Å². The highest BCUT2D eigenvalue weighted by Crippen LogP contribution is 2.14. The minimum atomic E-state index is -0.0516. The Morgan fingerprint density at radius 3 is 1.05 bits per heavy atom. The van der Waals surface area contributed by atoms with Gasteiger partial charge in [0.25, 0.3) is 0 Å². The van der Waals surface area contributed by atoms with E-state index in [1.165, 1.54) is 161 Å². The van der Waals surface area contributed by atoms with Crippen molar-refractivity contribution in [3.05, 3.63) is 0 Å². The van der Waals surface area contributed by atoms with Crippen LogP contribution in [0.1, 0.15) is 200 Å². The van der Waals surface area contributed by atoms with Crippen molar-refractivity contribution in [3.8, 4) is 0 Å². The van der Waals surface area contributed by atoms with Gasteiger partial charge in [-0.25, -0.2) is 0 Å². The standard InChI is InChI=1S/C35H70O3/c1-3-5-7-9-11-13-15-17-18-19-21-23-25-27-29-31-35(36)38-34-33-37-32-30-28-26-24-22-20-16-14-12-10-8-6-4-2/h3-34H2,1-2H3. The van der Waals surface area contributed by atoms with E-state index in [-0.39, 0.29) is 5.97 Å². The number of rotatable bonds is 33. The van der Waals surface area contributed by atoms with Gasteiger partial charge in [0.1, 0.15) is 6.61 Å². The summed E-state index contributed by atoms with van der Waals surface area (Å²) in [6.07, 6.45) is 38.6. The maximum atomic E-state index is 11.9. The molecule has 0 spiro atoms. The van der Waals surface area contributed by atoms with Crippen LogP contribution in [-0.2, 0) is 14.3 Å². The predicted molar refractivity (Wildman–Crippen MR) is 167 cm³/mol. The van der Waals surface area contributed by atoms with Gasteiger partial charge in [0.2, 0.25) is 0 Å². The molecule has 0 saturated carbocycles. The first kappa shape index (κ1) is 37.4. The van der Waals surface area contributed by atoms with Crippen LogP contribution in [0.15, 0.2) is 0 Å². The SMILES string of the molecule is CCCCCCCCCCCCCCCCCC(=O)OCCOCCCCCCCCCCCCCCC. The Hall–Kier alpha value is -0.570. The molecule has 0 aliphatic carbocycles. The van der Waals surface area contributed by atoms with E-state index in [0.717, 1.165) is 25.9 Å². The Morgan fingerprint density at radius 2 is 0.684 bits per heavy atom. The molecule has 0 amide bonds. The maximum Gasteiger partial charge on any atom is 0.305 e. The molecule has 0 saturated heterocycles. The molecular weight excluding hydrogens is 468 g/mol. The lowest BCUT2D eigenvalue weighted by molar-refractivity contribution is -0.145. The molecule has 0 atom stereocenters. The number of esters is 1. The molecule has 0 aliphatic heterocycles. The Kier molecular flexibility index (Phi) is 33.9. The van der Waals surface area contributed by atoms with Crippen molar-refractivity contribution in [3.63, 3.8) is 0 Å². The van der Waals surface area contributed by atoms with E-state index in [4.69, 9.17) is 9.47 Å². The topological polar surface area (TPSA) is 35.5 Å². The van der Waals surface area contributed by atoms with E-state index in [2.05, 4.69) is 13.8 Å². The van der Waals surface area contributed by atoms with Gasteiger partial charge >= 0.3 is 5.97 Å². The summed E-state index contributed by atoms with van der Waals surface area (Å²) in [6.45, 7) is 6.33. The Labute approximate surface area is 240 Å². The molecule has 38 heavy (non-hydrogen) atoms. The molecule has 228 valence electrons. The Morgan fingerprint density at radius 1 is 0.368 bits per heavy atom. The van der Waals surface area contributed by atoms with Crippen molar-refractivity contribution in [1.82, 2.24) is 0 Å². The van der Waals surface area contributed by atoms with Crippen molar-refractivity contribution in [2.75, 3.05) is 19.8 Å². The highest BCUT2D eigenvalue weighted by atomic mass is 16.6. The van der Waals surface area contributed by atoms with Crippen LogP contribution in [0.3, 0.4) is 0 Å². The number of unbranched alkanes of at least 4 members (excludes halogenated alkanes) is 26. The summed E-state index contributed by atoms with van der Waals surface area (Å²) >= 11 is 0. The lowest BCUT2D eigenvalue weighted by atomic mass is 10.0. The molecule has 3 heteroatoms. The number of hydrogen-bond acceptors (Lipinski definition) is 3. The van der Waals surface area contributed by atoms with Crippen LogP contribution >= 0.6 is 0 Å². The number of ether oxygens (including phenoxy) is 2. The van der Waals surface area contributed by atoms with Crippen LogP contribution in [-0.4, -0.2) is 25.8 Å². The van der Waals surface area contributed by atoms with Gasteiger partial charge in [0, 0.05) is 13.0 Å². The fraction of sp³-hybridized carbons (Fsp3) is 0.971. The highest BCUT2D eigenvalue weighted by Gasteiger charge is 2.03. The van der Waals surface area contributed by atoms with Gasteiger partial charge in [-0.3, -0.25) is 4.79 Å². The van der Waals surface area contributed by atoms with Crippen molar-refractivity contribution in [1.29, 1.82) is 0 Å². The van der Waals surface area contributed by atoms with Gasteiger partial charge in [-0.05, 0) is 12.8 Å². The van der Waals surface area contributed by atoms with E-state index < -0.39 is 0 Å². The predicted octanol–water partition coefficient (Wildman–Crippen LogP) is 11.9. The quantitative estimate of drug-likeness (QED) is 0.0615. The molecule has 0 aromatic carbocycles. The van der Waals surface area contributed by atoms with Gasteiger partial charge in [0.15, 0.2) is 0 Å². The third-order valence-electron chi connectivity index (χ3n) is 7.87. The van der Waals surface area contributed by atoms with E-state index in [9.17, 15) is 4.79 Å². The summed E-state index contributed by atoms with van der Waals surface area (Å²) in [4.78, 5) is 11.9. The van der Waals surface area contributed by atoms with Gasteiger partial charge < -0.3 is 9.47 Å². The van der Waals surface area contributed by atoms with Gasteiger partial charge in [-0.1, -0.05) is 181 Å². The lowest BCUT2D eigenvalue weighted by Gasteiger charge is -2.07. The average Bonchev–Trinajstić information content (AvgIpc) is 2.92. The minimum absolute atomic E-state index is 0.0516. The summed E-state index contributed by atoms with van der Waals surface area (Å²) in [6, 6.07) is 0. The molecule has 0 aromatic heterocycles. The first-order valence-electron chi connectivity index (χ1n) is 17.5. The van der Waals surface area contributed by atoms with Crippen LogP contribution in [0.25, 0.3) is 0 Å². The summed E-state index contributed by atoms with van der Waals surface area (Å²) < 4.78 is 11.0. The first-order valence-corrected chi connectivity index (χ1v) is 17.5. The summed E-state index contributed by atoms with van der Waals surface area (Å²) in [5.74, 6) is -0.0516. The first-order chi connectivity index (χ1) is 18.8. The molecule has 0 heterocycles. The minimum Gasteiger partial charge on any atom is -0.463 e. The van der Waals surface area contributed by atoms with Crippen molar-refractivity contribution >= 4 is 5.97 Å².